The minimum Gasteiger partial charge on any atom is -0.399 e. The van der Waals surface area contributed by atoms with E-state index in [1.165, 1.54) is 10.6 Å². The van der Waals surface area contributed by atoms with E-state index in [1.54, 1.807) is 12.1 Å². The van der Waals surface area contributed by atoms with Gasteiger partial charge in [0.1, 0.15) is 0 Å². The molecule has 2 rings (SSSR count). The van der Waals surface area contributed by atoms with Gasteiger partial charge in [0.05, 0.1) is 11.0 Å². The molecule has 0 radical (unpaired) electrons. The first-order valence-corrected chi connectivity index (χ1v) is 6.19. The number of aromatic nitrogens is 2. The number of hydrogen-bond acceptors (Lipinski definition) is 3. The number of alkyl halides is 3. The van der Waals surface area contributed by atoms with Crippen molar-refractivity contribution in [2.75, 3.05) is 19.8 Å². The lowest BCUT2D eigenvalue weighted by Crippen LogP contribution is -2.31. The van der Waals surface area contributed by atoms with Crippen LogP contribution in [-0.4, -0.2) is 34.6 Å². The molecule has 1 aromatic heterocycles. The molecule has 4 nitrogen and oxygen atoms in total. The molecule has 0 aliphatic rings. The molecule has 1 unspecified atom stereocenters. The van der Waals surface area contributed by atoms with E-state index in [-0.39, 0.29) is 18.1 Å². The van der Waals surface area contributed by atoms with E-state index in [1.807, 2.05) is 25.9 Å². The van der Waals surface area contributed by atoms with Gasteiger partial charge in [-0.3, -0.25) is 0 Å². The van der Waals surface area contributed by atoms with Gasteiger partial charge < -0.3 is 15.2 Å². The highest BCUT2D eigenvalue weighted by atomic mass is 19.4. The summed E-state index contributed by atoms with van der Waals surface area (Å²) in [5.41, 5.74) is 6.71. The van der Waals surface area contributed by atoms with Crippen LogP contribution in [0, 0.1) is 0 Å². The summed E-state index contributed by atoms with van der Waals surface area (Å²) in [7, 11) is 3.66. The highest BCUT2D eigenvalue weighted by molar-refractivity contribution is 5.79. The van der Waals surface area contributed by atoms with Crippen LogP contribution in [0.4, 0.5) is 18.9 Å². The third-order valence-electron chi connectivity index (χ3n) is 3.35. The maximum Gasteiger partial charge on any atom is 0.449 e. The number of imidazole rings is 1. The number of likely N-dealkylation sites (N-methyl/N-ethyl adjacent to an activating group) is 1. The van der Waals surface area contributed by atoms with Gasteiger partial charge in [-0.25, -0.2) is 4.98 Å². The number of nitrogens with zero attached hydrogens (tertiary/aromatic N) is 3. The fourth-order valence-electron chi connectivity index (χ4n) is 1.98. The van der Waals surface area contributed by atoms with E-state index in [9.17, 15) is 13.2 Å². The first-order chi connectivity index (χ1) is 9.20. The van der Waals surface area contributed by atoms with Crippen molar-refractivity contribution in [3.8, 4) is 0 Å². The van der Waals surface area contributed by atoms with E-state index in [0.717, 1.165) is 0 Å². The van der Waals surface area contributed by atoms with Crippen molar-refractivity contribution in [1.82, 2.24) is 14.5 Å². The molecule has 2 N–H and O–H groups in total. The van der Waals surface area contributed by atoms with Crippen LogP contribution in [0.3, 0.4) is 0 Å². The lowest BCUT2D eigenvalue weighted by molar-refractivity contribution is -0.147. The van der Waals surface area contributed by atoms with E-state index < -0.39 is 12.0 Å². The number of hydrogen-bond donors (Lipinski definition) is 1. The Labute approximate surface area is 115 Å². The second kappa shape index (κ2) is 4.97. The Morgan fingerprint density at radius 1 is 1.35 bits per heavy atom. The summed E-state index contributed by atoms with van der Waals surface area (Å²) in [5.74, 6) is -0.883. The average Bonchev–Trinajstić information content (AvgIpc) is 2.66. The number of fused-ring (bicyclic) bond motifs is 1. The minimum atomic E-state index is -4.49. The molecule has 0 amide bonds. The molecule has 0 saturated carbocycles. The summed E-state index contributed by atoms with van der Waals surface area (Å²) in [6, 6.07) is 4.57. The second-order valence-electron chi connectivity index (χ2n) is 5.10. The summed E-state index contributed by atoms with van der Waals surface area (Å²) in [6.07, 6.45) is -4.49. The predicted octanol–water partition coefficient (Wildman–Crippen LogP) is 2.59. The van der Waals surface area contributed by atoms with Crippen LogP contribution in [0.1, 0.15) is 12.7 Å². The van der Waals surface area contributed by atoms with Crippen molar-refractivity contribution in [3.05, 3.63) is 24.0 Å². The summed E-state index contributed by atoms with van der Waals surface area (Å²) in [5, 5.41) is 0. The highest BCUT2D eigenvalue weighted by Gasteiger charge is 2.37. The zero-order chi connectivity index (χ0) is 15.1. The standard InChI is InChI=1S/C13H17F3N4/c1-8(19(2)3)7-20-11-5-4-9(17)6-10(11)18-12(20)13(14,15)16/h4-6,8H,7,17H2,1-3H3. The second-order valence-corrected chi connectivity index (χ2v) is 5.10. The Hall–Kier alpha value is -1.76. The van der Waals surface area contributed by atoms with Crippen molar-refractivity contribution < 1.29 is 13.2 Å². The predicted molar refractivity (Wildman–Crippen MR) is 72.3 cm³/mol. The maximum absolute atomic E-state index is 13.1. The van der Waals surface area contributed by atoms with Gasteiger partial charge >= 0.3 is 6.18 Å². The lowest BCUT2D eigenvalue weighted by atomic mass is 10.2. The van der Waals surface area contributed by atoms with Gasteiger partial charge in [-0.1, -0.05) is 0 Å². The monoisotopic (exact) mass is 286 g/mol. The largest absolute Gasteiger partial charge is 0.449 e. The first-order valence-electron chi connectivity index (χ1n) is 6.19. The van der Waals surface area contributed by atoms with E-state index >= 15 is 0 Å². The Morgan fingerprint density at radius 2 is 2.00 bits per heavy atom. The topological polar surface area (TPSA) is 47.1 Å². The van der Waals surface area contributed by atoms with E-state index in [2.05, 4.69) is 4.98 Å². The highest BCUT2D eigenvalue weighted by Crippen LogP contribution is 2.32. The molecule has 0 spiro atoms. The maximum atomic E-state index is 13.1. The van der Waals surface area contributed by atoms with Gasteiger partial charge in [0.15, 0.2) is 0 Å². The third kappa shape index (κ3) is 2.72. The molecule has 0 bridgehead atoms. The fraction of sp³-hybridized carbons (Fsp3) is 0.462. The van der Waals surface area contributed by atoms with Crippen molar-refractivity contribution in [3.63, 3.8) is 0 Å². The zero-order valence-corrected chi connectivity index (χ0v) is 11.6. The number of nitrogen functional groups attached to an aromatic ring is 1. The zero-order valence-electron chi connectivity index (χ0n) is 11.6. The van der Waals surface area contributed by atoms with E-state index in [0.29, 0.717) is 11.2 Å². The number of anilines is 1. The molecule has 0 fully saturated rings. The van der Waals surface area contributed by atoms with E-state index in [4.69, 9.17) is 5.73 Å². The summed E-state index contributed by atoms with van der Waals surface area (Å²) in [6.45, 7) is 2.07. The average molecular weight is 286 g/mol. The quantitative estimate of drug-likeness (QED) is 0.882. The van der Waals surface area contributed by atoms with Gasteiger partial charge in [-0.15, -0.1) is 0 Å². The number of benzene rings is 1. The molecule has 110 valence electrons. The summed E-state index contributed by atoms with van der Waals surface area (Å²) in [4.78, 5) is 5.56. The van der Waals surface area contributed by atoms with Crippen LogP contribution in [-0.2, 0) is 12.7 Å². The van der Waals surface area contributed by atoms with Crippen molar-refractivity contribution in [1.29, 1.82) is 0 Å². The van der Waals surface area contributed by atoms with Crippen molar-refractivity contribution in [2.45, 2.75) is 25.7 Å². The SMILES string of the molecule is CC(Cn1c(C(F)(F)F)nc2cc(N)ccc21)N(C)C. The molecule has 0 saturated heterocycles. The van der Waals surface area contributed by atoms with Gasteiger partial charge in [0.2, 0.25) is 5.82 Å². The van der Waals surface area contributed by atoms with Gasteiger partial charge in [0.25, 0.3) is 0 Å². The Bertz CT molecular complexity index is 616. The molecule has 20 heavy (non-hydrogen) atoms. The molecule has 7 heteroatoms. The fourth-order valence-corrected chi connectivity index (χ4v) is 1.98. The molecule has 1 atom stereocenters. The summed E-state index contributed by atoms with van der Waals surface area (Å²) < 4.78 is 40.5. The Morgan fingerprint density at radius 3 is 2.55 bits per heavy atom. The molecule has 0 aliphatic carbocycles. The molecular formula is C13H17F3N4. The third-order valence-corrected chi connectivity index (χ3v) is 3.35. The molecule has 0 aliphatic heterocycles. The smallest absolute Gasteiger partial charge is 0.399 e. The van der Waals surface area contributed by atoms with Gasteiger partial charge in [0, 0.05) is 18.3 Å². The Kier molecular flexibility index (Phi) is 3.64. The lowest BCUT2D eigenvalue weighted by Gasteiger charge is -2.22. The number of rotatable bonds is 3. The molecule has 1 aromatic carbocycles. The van der Waals surface area contributed by atoms with Crippen LogP contribution in [0.5, 0.6) is 0 Å². The number of halogens is 3. The van der Waals surface area contributed by atoms with Crippen molar-refractivity contribution >= 4 is 16.7 Å². The molecule has 1 heterocycles. The van der Waals surface area contributed by atoms with Gasteiger partial charge in [-0.05, 0) is 39.2 Å². The van der Waals surface area contributed by atoms with Crippen LogP contribution in [0.15, 0.2) is 18.2 Å². The van der Waals surface area contributed by atoms with Crippen LogP contribution >= 0.6 is 0 Å². The van der Waals surface area contributed by atoms with Crippen molar-refractivity contribution in [2.24, 2.45) is 0 Å². The van der Waals surface area contributed by atoms with Gasteiger partial charge in [-0.2, -0.15) is 13.2 Å². The van der Waals surface area contributed by atoms with Crippen LogP contribution < -0.4 is 5.73 Å². The normalized spacial score (nSPS) is 14.2. The molecule has 2 aromatic rings. The summed E-state index contributed by atoms with van der Waals surface area (Å²) >= 11 is 0. The molecular weight excluding hydrogens is 269 g/mol. The van der Waals surface area contributed by atoms with Crippen LogP contribution in [0.25, 0.3) is 11.0 Å². The first kappa shape index (κ1) is 14.6. The Balaban J connectivity index is 2.59. The minimum absolute atomic E-state index is 0.0500. The number of nitrogens with two attached hydrogens (primary N) is 1. The van der Waals surface area contributed by atoms with Crippen LogP contribution in [0.2, 0.25) is 0 Å².